The fourth-order valence-electron chi connectivity index (χ4n) is 3.26. The summed E-state index contributed by atoms with van der Waals surface area (Å²) >= 11 is 0. The Labute approximate surface area is 201 Å². The molecule has 0 spiro atoms. The summed E-state index contributed by atoms with van der Waals surface area (Å²) < 4.78 is 21.2. The number of rotatable bonds is 9. The number of hydrogen-bond donors (Lipinski definition) is 3. The van der Waals surface area contributed by atoms with E-state index in [1.165, 1.54) is 7.11 Å². The molecule has 1 aliphatic heterocycles. The van der Waals surface area contributed by atoms with Crippen LogP contribution in [0.3, 0.4) is 0 Å². The standard InChI is InChI=1S/C25H23N3O7/c1-32-19-7-2-3-8-20(19)33-14-24(30)28-18-6-4-5-17(12-18)27-23(29)13-26-25(31)16-9-10-21-22(11-16)35-15-34-21/h2-12H,13-15H2,1H3,(H,26,31)(H,27,29)(H,28,30). The smallest absolute Gasteiger partial charge is 0.262 e. The van der Waals surface area contributed by atoms with Crippen molar-refractivity contribution in [2.24, 2.45) is 0 Å². The van der Waals surface area contributed by atoms with Crippen molar-refractivity contribution in [3.8, 4) is 23.0 Å². The highest BCUT2D eigenvalue weighted by Crippen LogP contribution is 2.32. The van der Waals surface area contributed by atoms with Gasteiger partial charge in [0.1, 0.15) is 0 Å². The van der Waals surface area contributed by atoms with Crippen LogP contribution in [0.2, 0.25) is 0 Å². The molecule has 10 nitrogen and oxygen atoms in total. The Bertz CT molecular complexity index is 1250. The first-order chi connectivity index (χ1) is 17.0. The Hall–Kier alpha value is -4.73. The SMILES string of the molecule is COc1ccccc1OCC(=O)Nc1cccc(NC(=O)CNC(=O)c2ccc3c(c2)OCO3)c1. The maximum Gasteiger partial charge on any atom is 0.262 e. The summed E-state index contributed by atoms with van der Waals surface area (Å²) in [5.41, 5.74) is 1.28. The minimum Gasteiger partial charge on any atom is -0.493 e. The number of anilines is 2. The molecule has 0 aliphatic carbocycles. The molecule has 1 aliphatic rings. The van der Waals surface area contributed by atoms with Crippen molar-refractivity contribution in [3.05, 3.63) is 72.3 Å². The zero-order chi connectivity index (χ0) is 24.6. The highest BCUT2D eigenvalue weighted by Gasteiger charge is 2.16. The fourth-order valence-corrected chi connectivity index (χ4v) is 3.26. The lowest BCUT2D eigenvalue weighted by Gasteiger charge is -2.11. The molecule has 0 radical (unpaired) electrons. The maximum absolute atomic E-state index is 12.3. The van der Waals surface area contributed by atoms with Crippen LogP contribution < -0.4 is 34.9 Å². The zero-order valence-electron chi connectivity index (χ0n) is 18.8. The minimum absolute atomic E-state index is 0.108. The lowest BCUT2D eigenvalue weighted by Crippen LogP contribution is -2.32. The van der Waals surface area contributed by atoms with Crippen molar-refractivity contribution in [2.75, 3.05) is 37.7 Å². The van der Waals surface area contributed by atoms with Crippen LogP contribution in [-0.2, 0) is 9.59 Å². The summed E-state index contributed by atoms with van der Waals surface area (Å²) in [6, 6.07) is 18.4. The third-order valence-corrected chi connectivity index (χ3v) is 4.90. The highest BCUT2D eigenvalue weighted by molar-refractivity contribution is 6.00. The van der Waals surface area contributed by atoms with E-state index >= 15 is 0 Å². The zero-order valence-corrected chi connectivity index (χ0v) is 18.8. The number of methoxy groups -OCH3 is 1. The average molecular weight is 477 g/mol. The third kappa shape index (κ3) is 6.20. The Balaban J connectivity index is 1.25. The molecule has 0 fully saturated rings. The summed E-state index contributed by atoms with van der Waals surface area (Å²) in [5.74, 6) is 0.795. The van der Waals surface area contributed by atoms with Gasteiger partial charge in [0.15, 0.2) is 29.6 Å². The van der Waals surface area contributed by atoms with E-state index in [0.29, 0.717) is 39.9 Å². The van der Waals surface area contributed by atoms with Gasteiger partial charge in [0.25, 0.3) is 11.8 Å². The molecule has 1 heterocycles. The van der Waals surface area contributed by atoms with Crippen LogP contribution in [0.15, 0.2) is 66.7 Å². The molecule has 0 saturated heterocycles. The van der Waals surface area contributed by atoms with Crippen LogP contribution in [0, 0.1) is 0 Å². The van der Waals surface area contributed by atoms with Crippen molar-refractivity contribution < 1.29 is 33.3 Å². The number of carbonyl (C=O) groups excluding carboxylic acids is 3. The first-order valence-corrected chi connectivity index (χ1v) is 10.7. The second kappa shape index (κ2) is 10.9. The molecule has 0 saturated carbocycles. The van der Waals surface area contributed by atoms with E-state index in [9.17, 15) is 14.4 Å². The molecule has 0 unspecified atom stereocenters. The predicted molar refractivity (Wildman–Crippen MR) is 127 cm³/mol. The molecule has 3 aromatic rings. The molecule has 10 heteroatoms. The summed E-state index contributed by atoms with van der Waals surface area (Å²) in [4.78, 5) is 36.9. The number of benzene rings is 3. The van der Waals surface area contributed by atoms with Gasteiger partial charge in [0.2, 0.25) is 12.7 Å². The largest absolute Gasteiger partial charge is 0.493 e. The van der Waals surface area contributed by atoms with Gasteiger partial charge >= 0.3 is 0 Å². The minimum atomic E-state index is -0.429. The van der Waals surface area contributed by atoms with E-state index in [1.54, 1.807) is 66.7 Å². The fraction of sp³-hybridized carbons (Fsp3) is 0.160. The molecule has 35 heavy (non-hydrogen) atoms. The normalized spacial score (nSPS) is 11.3. The molecule has 0 bridgehead atoms. The number of carbonyl (C=O) groups is 3. The van der Waals surface area contributed by atoms with Crippen LogP contribution in [0.1, 0.15) is 10.4 Å². The molecule has 3 N–H and O–H groups in total. The summed E-state index contributed by atoms with van der Waals surface area (Å²) in [5, 5.41) is 7.94. The second-order valence-corrected chi connectivity index (χ2v) is 7.37. The monoisotopic (exact) mass is 477 g/mol. The molecule has 0 aromatic heterocycles. The number of fused-ring (bicyclic) bond motifs is 1. The van der Waals surface area contributed by atoms with Gasteiger partial charge in [-0.3, -0.25) is 14.4 Å². The molecule has 4 rings (SSSR count). The van der Waals surface area contributed by atoms with Crippen LogP contribution >= 0.6 is 0 Å². The van der Waals surface area contributed by atoms with Crippen LogP contribution in [0.4, 0.5) is 11.4 Å². The molecular weight excluding hydrogens is 454 g/mol. The van der Waals surface area contributed by atoms with E-state index in [-0.39, 0.29) is 25.9 Å². The average Bonchev–Trinajstić information content (AvgIpc) is 3.34. The van der Waals surface area contributed by atoms with Crippen molar-refractivity contribution in [1.82, 2.24) is 5.32 Å². The summed E-state index contributed by atoms with van der Waals surface area (Å²) in [7, 11) is 1.52. The number of para-hydroxylation sites is 2. The van der Waals surface area contributed by atoms with Gasteiger partial charge < -0.3 is 34.9 Å². The van der Waals surface area contributed by atoms with Gasteiger partial charge in [-0.1, -0.05) is 18.2 Å². The van der Waals surface area contributed by atoms with Gasteiger partial charge in [0.05, 0.1) is 13.7 Å². The van der Waals surface area contributed by atoms with Crippen molar-refractivity contribution in [2.45, 2.75) is 0 Å². The molecule has 3 aromatic carbocycles. The van der Waals surface area contributed by atoms with Gasteiger partial charge in [-0.15, -0.1) is 0 Å². The third-order valence-electron chi connectivity index (χ3n) is 4.90. The first kappa shape index (κ1) is 23.4. The Kier molecular flexibility index (Phi) is 7.31. The Morgan fingerprint density at radius 2 is 1.54 bits per heavy atom. The maximum atomic E-state index is 12.3. The van der Waals surface area contributed by atoms with Crippen LogP contribution in [0.5, 0.6) is 23.0 Å². The molecular formula is C25H23N3O7. The van der Waals surface area contributed by atoms with E-state index in [0.717, 1.165) is 0 Å². The van der Waals surface area contributed by atoms with E-state index < -0.39 is 11.8 Å². The predicted octanol–water partition coefficient (Wildman–Crippen LogP) is 2.81. The van der Waals surface area contributed by atoms with Gasteiger partial charge in [-0.25, -0.2) is 0 Å². The van der Waals surface area contributed by atoms with E-state index in [2.05, 4.69) is 16.0 Å². The summed E-state index contributed by atoms with van der Waals surface area (Å²) in [6.45, 7) is -0.351. The van der Waals surface area contributed by atoms with Crippen molar-refractivity contribution in [1.29, 1.82) is 0 Å². The second-order valence-electron chi connectivity index (χ2n) is 7.37. The topological polar surface area (TPSA) is 124 Å². The number of hydrogen-bond acceptors (Lipinski definition) is 7. The lowest BCUT2D eigenvalue weighted by molar-refractivity contribution is -0.118. The molecule has 180 valence electrons. The quantitative estimate of drug-likeness (QED) is 0.433. The van der Waals surface area contributed by atoms with Gasteiger partial charge in [0, 0.05) is 16.9 Å². The van der Waals surface area contributed by atoms with Crippen molar-refractivity contribution in [3.63, 3.8) is 0 Å². The Morgan fingerprint density at radius 1 is 0.829 bits per heavy atom. The number of amides is 3. The van der Waals surface area contributed by atoms with Crippen LogP contribution in [0.25, 0.3) is 0 Å². The molecule has 0 atom stereocenters. The highest BCUT2D eigenvalue weighted by atomic mass is 16.7. The van der Waals surface area contributed by atoms with Crippen molar-refractivity contribution >= 4 is 29.1 Å². The van der Waals surface area contributed by atoms with Gasteiger partial charge in [-0.2, -0.15) is 0 Å². The van der Waals surface area contributed by atoms with Crippen LogP contribution in [-0.4, -0.2) is 44.8 Å². The van der Waals surface area contributed by atoms with E-state index in [1.807, 2.05) is 0 Å². The van der Waals surface area contributed by atoms with E-state index in [4.69, 9.17) is 18.9 Å². The summed E-state index contributed by atoms with van der Waals surface area (Å²) in [6.07, 6.45) is 0. The van der Waals surface area contributed by atoms with Gasteiger partial charge in [-0.05, 0) is 48.5 Å². The lowest BCUT2D eigenvalue weighted by atomic mass is 10.2. The molecule has 3 amide bonds. The number of ether oxygens (including phenoxy) is 4. The Morgan fingerprint density at radius 3 is 2.31 bits per heavy atom. The first-order valence-electron chi connectivity index (χ1n) is 10.7. The number of nitrogens with one attached hydrogen (secondary N) is 3.